The van der Waals surface area contributed by atoms with E-state index in [1.807, 2.05) is 0 Å². The zero-order valence-electron chi connectivity index (χ0n) is 11.2. The summed E-state index contributed by atoms with van der Waals surface area (Å²) in [7, 11) is 0. The van der Waals surface area contributed by atoms with Gasteiger partial charge in [-0.25, -0.2) is 0 Å². The molecular formula is C14H19N3O3. The molecule has 20 heavy (non-hydrogen) atoms. The summed E-state index contributed by atoms with van der Waals surface area (Å²) in [5, 5.41) is 5.47. The van der Waals surface area contributed by atoms with Gasteiger partial charge in [0.25, 0.3) is 5.91 Å². The number of benzene rings is 1. The van der Waals surface area contributed by atoms with Crippen molar-refractivity contribution in [1.82, 2.24) is 10.6 Å². The molecule has 6 nitrogen and oxygen atoms in total. The zero-order chi connectivity index (χ0) is 14.4. The van der Waals surface area contributed by atoms with Gasteiger partial charge in [-0.2, -0.15) is 0 Å². The average Bonchev–Trinajstić information content (AvgIpc) is 2.46. The van der Waals surface area contributed by atoms with Crippen LogP contribution in [0.4, 0.5) is 5.69 Å². The van der Waals surface area contributed by atoms with Gasteiger partial charge in [0.1, 0.15) is 0 Å². The Morgan fingerprint density at radius 3 is 2.50 bits per heavy atom. The molecule has 1 aliphatic rings. The van der Waals surface area contributed by atoms with Gasteiger partial charge in [0.2, 0.25) is 5.91 Å². The summed E-state index contributed by atoms with van der Waals surface area (Å²) in [6.45, 7) is 1.31. The minimum Gasteiger partial charge on any atom is -0.399 e. The Balaban J connectivity index is 1.75. The van der Waals surface area contributed by atoms with Crippen molar-refractivity contribution in [1.29, 1.82) is 0 Å². The van der Waals surface area contributed by atoms with Crippen LogP contribution in [0.5, 0.6) is 0 Å². The van der Waals surface area contributed by atoms with Crippen LogP contribution in [-0.4, -0.2) is 37.6 Å². The normalized spacial score (nSPS) is 15.6. The van der Waals surface area contributed by atoms with E-state index < -0.39 is 0 Å². The zero-order valence-corrected chi connectivity index (χ0v) is 11.2. The molecule has 1 aliphatic heterocycles. The van der Waals surface area contributed by atoms with Gasteiger partial charge < -0.3 is 21.1 Å². The minimum atomic E-state index is -0.285. The van der Waals surface area contributed by atoms with Crippen molar-refractivity contribution in [3.05, 3.63) is 29.8 Å². The molecule has 0 saturated carbocycles. The summed E-state index contributed by atoms with van der Waals surface area (Å²) >= 11 is 0. The van der Waals surface area contributed by atoms with Crippen LogP contribution < -0.4 is 16.4 Å². The quantitative estimate of drug-likeness (QED) is 0.690. The molecule has 1 aromatic carbocycles. The highest BCUT2D eigenvalue weighted by molar-refractivity contribution is 5.96. The molecule has 6 heteroatoms. The Hall–Kier alpha value is -2.08. The van der Waals surface area contributed by atoms with Gasteiger partial charge in [-0.3, -0.25) is 9.59 Å². The summed E-state index contributed by atoms with van der Waals surface area (Å²) in [6, 6.07) is 6.69. The van der Waals surface area contributed by atoms with Crippen molar-refractivity contribution in [3.8, 4) is 0 Å². The Morgan fingerprint density at radius 2 is 1.85 bits per heavy atom. The van der Waals surface area contributed by atoms with Gasteiger partial charge >= 0.3 is 0 Å². The van der Waals surface area contributed by atoms with E-state index in [0.717, 1.165) is 12.8 Å². The smallest absolute Gasteiger partial charge is 0.251 e. The molecule has 4 N–H and O–H groups in total. The van der Waals surface area contributed by atoms with Crippen molar-refractivity contribution >= 4 is 17.5 Å². The molecule has 0 aliphatic carbocycles. The van der Waals surface area contributed by atoms with Gasteiger partial charge in [-0.1, -0.05) is 0 Å². The van der Waals surface area contributed by atoms with Gasteiger partial charge in [0.15, 0.2) is 0 Å². The first kappa shape index (κ1) is 14.3. The number of amides is 2. The third-order valence-corrected chi connectivity index (χ3v) is 3.17. The fourth-order valence-corrected chi connectivity index (χ4v) is 2.02. The minimum absolute atomic E-state index is 0.0272. The second-order valence-electron chi connectivity index (χ2n) is 4.76. The molecular weight excluding hydrogens is 258 g/mol. The predicted molar refractivity (Wildman–Crippen MR) is 75.2 cm³/mol. The van der Waals surface area contributed by atoms with E-state index in [9.17, 15) is 9.59 Å². The number of hydrogen-bond donors (Lipinski definition) is 3. The van der Waals surface area contributed by atoms with Gasteiger partial charge in [0, 0.05) is 30.5 Å². The molecule has 108 valence electrons. The maximum Gasteiger partial charge on any atom is 0.251 e. The standard InChI is InChI=1S/C14H19N3O3/c15-11-3-1-10(2-4-11)14(19)16-9-13(18)17-12-5-7-20-8-6-12/h1-4,12H,5-9,15H2,(H,16,19)(H,17,18). The first-order valence-corrected chi connectivity index (χ1v) is 6.66. The fraction of sp³-hybridized carbons (Fsp3) is 0.429. The molecule has 0 unspecified atom stereocenters. The lowest BCUT2D eigenvalue weighted by Gasteiger charge is -2.23. The van der Waals surface area contributed by atoms with Crippen molar-refractivity contribution in [2.75, 3.05) is 25.5 Å². The summed E-state index contributed by atoms with van der Waals surface area (Å²) in [4.78, 5) is 23.5. The topological polar surface area (TPSA) is 93.5 Å². The third kappa shape index (κ3) is 4.24. The molecule has 1 saturated heterocycles. The highest BCUT2D eigenvalue weighted by atomic mass is 16.5. The van der Waals surface area contributed by atoms with Crippen LogP contribution >= 0.6 is 0 Å². The molecule has 2 amide bonds. The highest BCUT2D eigenvalue weighted by Gasteiger charge is 2.16. The predicted octanol–water partition coefficient (Wildman–Crippen LogP) is 0.294. The second-order valence-corrected chi connectivity index (χ2v) is 4.76. The average molecular weight is 277 g/mol. The Labute approximate surface area is 117 Å². The SMILES string of the molecule is Nc1ccc(C(=O)NCC(=O)NC2CCOCC2)cc1. The van der Waals surface area contributed by atoms with Crippen molar-refractivity contribution in [3.63, 3.8) is 0 Å². The van der Waals surface area contributed by atoms with Crippen LogP contribution in [0.3, 0.4) is 0 Å². The molecule has 2 rings (SSSR count). The maximum atomic E-state index is 11.8. The van der Waals surface area contributed by atoms with Crippen molar-refractivity contribution in [2.24, 2.45) is 0 Å². The van der Waals surface area contributed by atoms with Crippen LogP contribution in [0.15, 0.2) is 24.3 Å². The first-order valence-electron chi connectivity index (χ1n) is 6.66. The molecule has 0 aromatic heterocycles. The van der Waals surface area contributed by atoms with Crippen LogP contribution in [0.25, 0.3) is 0 Å². The van der Waals surface area contributed by atoms with E-state index >= 15 is 0 Å². The molecule has 1 heterocycles. The number of carbonyl (C=O) groups excluding carboxylic acids is 2. The van der Waals surface area contributed by atoms with Crippen molar-refractivity contribution < 1.29 is 14.3 Å². The number of nitrogens with two attached hydrogens (primary N) is 1. The Bertz CT molecular complexity index is 467. The van der Waals surface area contributed by atoms with Crippen LogP contribution in [0, 0.1) is 0 Å². The van der Waals surface area contributed by atoms with Gasteiger partial charge in [0.05, 0.1) is 6.54 Å². The lowest BCUT2D eigenvalue weighted by atomic mass is 10.1. The molecule has 0 spiro atoms. The number of hydrogen-bond acceptors (Lipinski definition) is 4. The molecule has 0 radical (unpaired) electrons. The maximum absolute atomic E-state index is 11.8. The van der Waals surface area contributed by atoms with E-state index in [4.69, 9.17) is 10.5 Å². The number of nitrogen functional groups attached to an aromatic ring is 1. The Kier molecular flexibility index (Phi) is 4.95. The van der Waals surface area contributed by atoms with E-state index in [-0.39, 0.29) is 24.4 Å². The lowest BCUT2D eigenvalue weighted by Crippen LogP contribution is -2.44. The Morgan fingerprint density at radius 1 is 1.20 bits per heavy atom. The summed E-state index contributed by atoms with van der Waals surface area (Å²) in [5.41, 5.74) is 6.63. The van der Waals surface area contributed by atoms with E-state index in [2.05, 4.69) is 10.6 Å². The largest absolute Gasteiger partial charge is 0.399 e. The summed E-state index contributed by atoms with van der Waals surface area (Å²) in [5.74, 6) is -0.465. The number of rotatable bonds is 4. The summed E-state index contributed by atoms with van der Waals surface area (Å²) < 4.78 is 5.22. The first-order chi connectivity index (χ1) is 9.65. The molecule has 1 fully saturated rings. The molecule has 0 atom stereocenters. The third-order valence-electron chi connectivity index (χ3n) is 3.17. The molecule has 1 aromatic rings. The van der Waals surface area contributed by atoms with E-state index in [1.165, 1.54) is 0 Å². The number of ether oxygens (including phenoxy) is 1. The fourth-order valence-electron chi connectivity index (χ4n) is 2.02. The van der Waals surface area contributed by atoms with E-state index in [1.54, 1.807) is 24.3 Å². The number of anilines is 1. The number of carbonyl (C=O) groups is 2. The van der Waals surface area contributed by atoms with E-state index in [0.29, 0.717) is 24.5 Å². The van der Waals surface area contributed by atoms with Crippen LogP contribution in [0.2, 0.25) is 0 Å². The van der Waals surface area contributed by atoms with Gasteiger partial charge in [-0.05, 0) is 37.1 Å². The highest BCUT2D eigenvalue weighted by Crippen LogP contribution is 2.06. The lowest BCUT2D eigenvalue weighted by molar-refractivity contribution is -0.121. The van der Waals surface area contributed by atoms with Crippen LogP contribution in [0.1, 0.15) is 23.2 Å². The number of nitrogens with one attached hydrogen (secondary N) is 2. The summed E-state index contributed by atoms with van der Waals surface area (Å²) in [6.07, 6.45) is 1.63. The van der Waals surface area contributed by atoms with Gasteiger partial charge in [-0.15, -0.1) is 0 Å². The molecule has 0 bridgehead atoms. The van der Waals surface area contributed by atoms with Crippen molar-refractivity contribution in [2.45, 2.75) is 18.9 Å². The second kappa shape index (κ2) is 6.91. The monoisotopic (exact) mass is 277 g/mol. The van der Waals surface area contributed by atoms with Crippen LogP contribution in [-0.2, 0) is 9.53 Å².